The van der Waals surface area contributed by atoms with E-state index in [1.165, 1.54) is 6.26 Å². The second-order valence-electron chi connectivity index (χ2n) is 3.41. The van der Waals surface area contributed by atoms with Gasteiger partial charge in [-0.1, -0.05) is 27.6 Å². The summed E-state index contributed by atoms with van der Waals surface area (Å²) in [5.41, 5.74) is 1.64. The van der Waals surface area contributed by atoms with Crippen molar-refractivity contribution in [2.75, 3.05) is 0 Å². The van der Waals surface area contributed by atoms with Gasteiger partial charge in [0, 0.05) is 10.0 Å². The molecule has 0 saturated heterocycles. The molecule has 0 atom stereocenters. The van der Waals surface area contributed by atoms with Crippen molar-refractivity contribution < 1.29 is 9.21 Å². The SMILES string of the molecule is Cc1ccc(Br)c(C(=O)c2occc2Br)c1. The van der Waals surface area contributed by atoms with Gasteiger partial charge in [0.15, 0.2) is 5.76 Å². The third-order valence-electron chi connectivity index (χ3n) is 2.19. The maximum absolute atomic E-state index is 12.1. The average Bonchev–Trinajstić information content (AvgIpc) is 2.67. The number of hydrogen-bond donors (Lipinski definition) is 0. The van der Waals surface area contributed by atoms with Crippen LogP contribution in [0.1, 0.15) is 21.7 Å². The monoisotopic (exact) mass is 342 g/mol. The van der Waals surface area contributed by atoms with Gasteiger partial charge in [0.1, 0.15) is 0 Å². The van der Waals surface area contributed by atoms with E-state index in [0.29, 0.717) is 15.8 Å². The molecule has 0 unspecified atom stereocenters. The number of halogens is 2. The Morgan fingerprint density at radius 3 is 2.56 bits per heavy atom. The topological polar surface area (TPSA) is 30.2 Å². The molecule has 0 fully saturated rings. The maximum Gasteiger partial charge on any atom is 0.230 e. The molecule has 1 aromatic heterocycles. The van der Waals surface area contributed by atoms with E-state index in [1.807, 2.05) is 25.1 Å². The first-order valence-electron chi connectivity index (χ1n) is 4.63. The zero-order valence-corrected chi connectivity index (χ0v) is 11.6. The Kier molecular flexibility index (Phi) is 3.30. The van der Waals surface area contributed by atoms with Gasteiger partial charge >= 0.3 is 0 Å². The van der Waals surface area contributed by atoms with Crippen LogP contribution in [0.4, 0.5) is 0 Å². The molecule has 0 amide bonds. The molecule has 16 heavy (non-hydrogen) atoms. The average molecular weight is 344 g/mol. The summed E-state index contributed by atoms with van der Waals surface area (Å²) >= 11 is 6.64. The van der Waals surface area contributed by atoms with Crippen molar-refractivity contribution in [3.8, 4) is 0 Å². The molecule has 2 nitrogen and oxygen atoms in total. The molecule has 0 aliphatic carbocycles. The Balaban J connectivity index is 2.49. The molecule has 0 spiro atoms. The fourth-order valence-electron chi connectivity index (χ4n) is 1.39. The van der Waals surface area contributed by atoms with Crippen molar-refractivity contribution >= 4 is 37.6 Å². The van der Waals surface area contributed by atoms with Crippen LogP contribution in [0, 0.1) is 6.92 Å². The number of rotatable bonds is 2. The van der Waals surface area contributed by atoms with E-state index in [2.05, 4.69) is 31.9 Å². The number of carbonyl (C=O) groups excluding carboxylic acids is 1. The fourth-order valence-corrected chi connectivity index (χ4v) is 2.20. The summed E-state index contributed by atoms with van der Waals surface area (Å²) < 4.78 is 6.60. The number of benzene rings is 1. The lowest BCUT2D eigenvalue weighted by molar-refractivity contribution is 0.101. The van der Waals surface area contributed by atoms with E-state index in [9.17, 15) is 4.79 Å². The Morgan fingerprint density at radius 1 is 1.19 bits per heavy atom. The van der Waals surface area contributed by atoms with E-state index in [0.717, 1.165) is 10.0 Å². The molecule has 4 heteroatoms. The minimum atomic E-state index is -0.132. The second kappa shape index (κ2) is 4.55. The van der Waals surface area contributed by atoms with Gasteiger partial charge in [-0.15, -0.1) is 0 Å². The van der Waals surface area contributed by atoms with E-state index < -0.39 is 0 Å². The highest BCUT2D eigenvalue weighted by molar-refractivity contribution is 9.10. The quantitative estimate of drug-likeness (QED) is 0.759. The van der Waals surface area contributed by atoms with Gasteiger partial charge in [0.2, 0.25) is 5.78 Å². The second-order valence-corrected chi connectivity index (χ2v) is 5.12. The molecule has 0 N–H and O–H groups in total. The van der Waals surface area contributed by atoms with Crippen LogP contribution in [-0.4, -0.2) is 5.78 Å². The molecule has 0 aliphatic rings. The standard InChI is InChI=1S/C12H8Br2O2/c1-7-2-3-9(13)8(6-7)11(15)12-10(14)4-5-16-12/h2-6H,1H3. The lowest BCUT2D eigenvalue weighted by Crippen LogP contribution is -2.02. The fraction of sp³-hybridized carbons (Fsp3) is 0.0833. The molecule has 1 heterocycles. The number of carbonyl (C=O) groups is 1. The predicted molar refractivity (Wildman–Crippen MR) is 68.7 cm³/mol. The Bertz CT molecular complexity index is 544. The van der Waals surface area contributed by atoms with E-state index >= 15 is 0 Å². The first-order valence-corrected chi connectivity index (χ1v) is 6.22. The van der Waals surface area contributed by atoms with Crippen LogP contribution in [0.25, 0.3) is 0 Å². The highest BCUT2D eigenvalue weighted by Crippen LogP contribution is 2.25. The van der Waals surface area contributed by atoms with E-state index in [-0.39, 0.29) is 5.78 Å². The summed E-state index contributed by atoms with van der Waals surface area (Å²) in [6.07, 6.45) is 1.49. The van der Waals surface area contributed by atoms with Crippen LogP contribution >= 0.6 is 31.9 Å². The first kappa shape index (κ1) is 11.6. The molecule has 82 valence electrons. The number of furan rings is 1. The van der Waals surface area contributed by atoms with Crippen LogP contribution in [0.3, 0.4) is 0 Å². The van der Waals surface area contributed by atoms with Gasteiger partial charge in [-0.05, 0) is 41.1 Å². The third kappa shape index (κ3) is 2.13. The molecule has 0 aliphatic heterocycles. The van der Waals surface area contributed by atoms with Crippen LogP contribution in [-0.2, 0) is 0 Å². The molecule has 2 rings (SSSR count). The first-order chi connectivity index (χ1) is 7.59. The van der Waals surface area contributed by atoms with Crippen LogP contribution in [0.15, 0.2) is 43.9 Å². The minimum Gasteiger partial charge on any atom is -0.460 e. The van der Waals surface area contributed by atoms with Gasteiger partial charge in [-0.2, -0.15) is 0 Å². The summed E-state index contributed by atoms with van der Waals surface area (Å²) in [5, 5.41) is 0. The summed E-state index contributed by atoms with van der Waals surface area (Å²) in [7, 11) is 0. The van der Waals surface area contributed by atoms with Gasteiger partial charge in [0.05, 0.1) is 10.7 Å². The maximum atomic E-state index is 12.1. The van der Waals surface area contributed by atoms with Gasteiger partial charge in [-0.3, -0.25) is 4.79 Å². The van der Waals surface area contributed by atoms with Crippen molar-refractivity contribution in [2.24, 2.45) is 0 Å². The van der Waals surface area contributed by atoms with Gasteiger partial charge in [0.25, 0.3) is 0 Å². The van der Waals surface area contributed by atoms with Crippen LogP contribution in [0.2, 0.25) is 0 Å². The summed E-state index contributed by atoms with van der Waals surface area (Å²) in [6.45, 7) is 1.94. The lowest BCUT2D eigenvalue weighted by atomic mass is 10.1. The zero-order valence-electron chi connectivity index (χ0n) is 8.46. The van der Waals surface area contributed by atoms with E-state index in [4.69, 9.17) is 4.42 Å². The lowest BCUT2D eigenvalue weighted by Gasteiger charge is -2.03. The van der Waals surface area contributed by atoms with Crippen molar-refractivity contribution in [2.45, 2.75) is 6.92 Å². The van der Waals surface area contributed by atoms with Gasteiger partial charge in [-0.25, -0.2) is 0 Å². The summed E-state index contributed by atoms with van der Waals surface area (Å²) in [4.78, 5) is 12.1. The molecule has 0 radical (unpaired) electrons. The summed E-state index contributed by atoms with van der Waals surface area (Å²) in [5.74, 6) is 0.193. The summed E-state index contributed by atoms with van der Waals surface area (Å²) in [6, 6.07) is 7.34. The van der Waals surface area contributed by atoms with Crippen LogP contribution < -0.4 is 0 Å². The highest BCUT2D eigenvalue weighted by Gasteiger charge is 2.18. The number of aryl methyl sites for hydroxylation is 1. The Labute approximate surface area is 110 Å². The Morgan fingerprint density at radius 2 is 1.94 bits per heavy atom. The van der Waals surface area contributed by atoms with Crippen molar-refractivity contribution in [3.05, 3.63) is 56.4 Å². The molecule has 1 aromatic carbocycles. The minimum absolute atomic E-state index is 0.132. The normalized spacial score (nSPS) is 10.4. The molecule has 0 bridgehead atoms. The highest BCUT2D eigenvalue weighted by atomic mass is 79.9. The largest absolute Gasteiger partial charge is 0.460 e. The molecular weight excluding hydrogens is 336 g/mol. The predicted octanol–water partition coefficient (Wildman–Crippen LogP) is 4.34. The van der Waals surface area contributed by atoms with Crippen LogP contribution in [0.5, 0.6) is 0 Å². The van der Waals surface area contributed by atoms with Crippen molar-refractivity contribution in [3.63, 3.8) is 0 Å². The Hall–Kier alpha value is -0.870. The zero-order chi connectivity index (χ0) is 11.7. The number of ketones is 1. The smallest absolute Gasteiger partial charge is 0.230 e. The number of hydrogen-bond acceptors (Lipinski definition) is 2. The molecule has 2 aromatic rings. The van der Waals surface area contributed by atoms with Crippen molar-refractivity contribution in [1.82, 2.24) is 0 Å². The third-order valence-corrected chi connectivity index (χ3v) is 3.51. The van der Waals surface area contributed by atoms with Gasteiger partial charge < -0.3 is 4.42 Å². The molecular formula is C12H8Br2O2. The molecule has 0 saturated carbocycles. The van der Waals surface area contributed by atoms with E-state index in [1.54, 1.807) is 6.07 Å². The van der Waals surface area contributed by atoms with Crippen molar-refractivity contribution in [1.29, 1.82) is 0 Å².